The molecular weight excluding hydrogens is 384 g/mol. The number of carbonyl (C=O) groups excluding carboxylic acids is 2. The second-order valence-corrected chi connectivity index (χ2v) is 7.63. The number of para-hydroxylation sites is 1. The quantitative estimate of drug-likeness (QED) is 0.581. The summed E-state index contributed by atoms with van der Waals surface area (Å²) in [6.45, 7) is 5.18. The Morgan fingerprint density at radius 3 is 2.37 bits per heavy atom. The Labute approximate surface area is 175 Å². The lowest BCUT2D eigenvalue weighted by Gasteiger charge is -2.20. The number of hydrogen-bond donors (Lipinski definition) is 1. The molecule has 1 aliphatic heterocycles. The topological polar surface area (TPSA) is 95.8 Å². The Hall–Kier alpha value is -3.42. The molecule has 2 amide bonds. The van der Waals surface area contributed by atoms with Crippen LogP contribution >= 0.6 is 0 Å². The number of nitro groups is 1. The van der Waals surface area contributed by atoms with E-state index in [9.17, 15) is 19.7 Å². The first-order valence-corrected chi connectivity index (χ1v) is 9.93. The smallest absolute Gasteiger partial charge is 0.293 e. The summed E-state index contributed by atoms with van der Waals surface area (Å²) in [4.78, 5) is 39.6. The summed E-state index contributed by atoms with van der Waals surface area (Å²) in [5.74, 6) is -0.769. The zero-order chi connectivity index (χ0) is 21.8. The lowest BCUT2D eigenvalue weighted by Crippen LogP contribution is -2.35. The van der Waals surface area contributed by atoms with Crippen molar-refractivity contribution >= 4 is 28.9 Å². The molecule has 0 saturated carbocycles. The molecule has 1 heterocycles. The van der Waals surface area contributed by atoms with E-state index in [4.69, 9.17) is 0 Å². The molecule has 0 aromatic heterocycles. The SMILES string of the molecule is Cc1cccc(C)c1NC(=O)CN(C)C(=O)c1ccc(N2CCCC2)c([N+](=O)[O-])c1. The van der Waals surface area contributed by atoms with E-state index >= 15 is 0 Å². The normalized spacial score (nSPS) is 13.2. The van der Waals surface area contributed by atoms with Crippen molar-refractivity contribution in [2.24, 2.45) is 0 Å². The van der Waals surface area contributed by atoms with Crippen LogP contribution in [0.4, 0.5) is 17.1 Å². The number of benzene rings is 2. The molecule has 30 heavy (non-hydrogen) atoms. The summed E-state index contributed by atoms with van der Waals surface area (Å²) in [5, 5.41) is 14.4. The van der Waals surface area contributed by atoms with Crippen molar-refractivity contribution in [1.29, 1.82) is 0 Å². The van der Waals surface area contributed by atoms with Crippen LogP contribution in [0.25, 0.3) is 0 Å². The molecule has 0 radical (unpaired) electrons. The van der Waals surface area contributed by atoms with Gasteiger partial charge in [0, 0.05) is 37.5 Å². The van der Waals surface area contributed by atoms with Gasteiger partial charge in [-0.3, -0.25) is 19.7 Å². The number of aryl methyl sites for hydroxylation is 2. The van der Waals surface area contributed by atoms with Gasteiger partial charge in [0.2, 0.25) is 5.91 Å². The summed E-state index contributed by atoms with van der Waals surface area (Å²) in [6, 6.07) is 10.2. The minimum Gasteiger partial charge on any atom is -0.366 e. The Balaban J connectivity index is 1.73. The maximum atomic E-state index is 12.8. The van der Waals surface area contributed by atoms with Crippen molar-refractivity contribution in [3.05, 3.63) is 63.2 Å². The first-order chi connectivity index (χ1) is 14.3. The van der Waals surface area contributed by atoms with Gasteiger partial charge in [-0.15, -0.1) is 0 Å². The highest BCUT2D eigenvalue weighted by atomic mass is 16.6. The molecule has 158 valence electrons. The molecule has 8 heteroatoms. The van der Waals surface area contributed by atoms with Gasteiger partial charge in [0.15, 0.2) is 0 Å². The van der Waals surface area contributed by atoms with Crippen molar-refractivity contribution in [2.75, 3.05) is 36.9 Å². The van der Waals surface area contributed by atoms with Gasteiger partial charge in [0.25, 0.3) is 11.6 Å². The van der Waals surface area contributed by atoms with Gasteiger partial charge in [-0.2, -0.15) is 0 Å². The van der Waals surface area contributed by atoms with Crippen LogP contribution in [0.5, 0.6) is 0 Å². The van der Waals surface area contributed by atoms with E-state index in [1.54, 1.807) is 12.1 Å². The molecule has 3 rings (SSSR count). The number of anilines is 2. The minimum absolute atomic E-state index is 0.0869. The van der Waals surface area contributed by atoms with Crippen molar-refractivity contribution in [3.8, 4) is 0 Å². The number of nitrogens with zero attached hydrogens (tertiary/aromatic N) is 3. The van der Waals surface area contributed by atoms with Crippen LogP contribution in [0.15, 0.2) is 36.4 Å². The number of likely N-dealkylation sites (N-methyl/N-ethyl adjacent to an activating group) is 1. The van der Waals surface area contributed by atoms with Crippen molar-refractivity contribution in [3.63, 3.8) is 0 Å². The van der Waals surface area contributed by atoms with Crippen molar-refractivity contribution in [2.45, 2.75) is 26.7 Å². The zero-order valence-corrected chi connectivity index (χ0v) is 17.5. The Kier molecular flexibility index (Phi) is 6.34. The number of nitrogens with one attached hydrogen (secondary N) is 1. The second kappa shape index (κ2) is 8.94. The average molecular weight is 410 g/mol. The van der Waals surface area contributed by atoms with E-state index in [-0.39, 0.29) is 23.7 Å². The molecule has 1 saturated heterocycles. The molecule has 1 fully saturated rings. The summed E-state index contributed by atoms with van der Waals surface area (Å²) in [7, 11) is 1.51. The van der Waals surface area contributed by atoms with E-state index in [0.717, 1.165) is 42.7 Å². The molecule has 0 unspecified atom stereocenters. The molecule has 2 aromatic carbocycles. The van der Waals surface area contributed by atoms with Gasteiger partial charge in [-0.1, -0.05) is 18.2 Å². The summed E-state index contributed by atoms with van der Waals surface area (Å²) in [5.41, 5.74) is 3.23. The van der Waals surface area contributed by atoms with Crippen LogP contribution in [0.1, 0.15) is 34.3 Å². The van der Waals surface area contributed by atoms with Crippen LogP contribution in [0, 0.1) is 24.0 Å². The van der Waals surface area contributed by atoms with Crippen LogP contribution in [0.2, 0.25) is 0 Å². The number of amides is 2. The lowest BCUT2D eigenvalue weighted by molar-refractivity contribution is -0.384. The van der Waals surface area contributed by atoms with Crippen LogP contribution in [-0.2, 0) is 4.79 Å². The van der Waals surface area contributed by atoms with Crippen LogP contribution in [0.3, 0.4) is 0 Å². The Morgan fingerprint density at radius 2 is 1.77 bits per heavy atom. The monoisotopic (exact) mass is 410 g/mol. The highest BCUT2D eigenvalue weighted by Gasteiger charge is 2.25. The van der Waals surface area contributed by atoms with Gasteiger partial charge < -0.3 is 15.1 Å². The molecule has 1 aliphatic rings. The van der Waals surface area contributed by atoms with E-state index < -0.39 is 10.8 Å². The lowest BCUT2D eigenvalue weighted by atomic mass is 10.1. The van der Waals surface area contributed by atoms with E-state index in [1.165, 1.54) is 18.0 Å². The third-order valence-electron chi connectivity index (χ3n) is 5.34. The van der Waals surface area contributed by atoms with E-state index in [1.807, 2.05) is 36.9 Å². The molecule has 1 N–H and O–H groups in total. The van der Waals surface area contributed by atoms with Gasteiger partial charge in [0.1, 0.15) is 5.69 Å². The fraction of sp³-hybridized carbons (Fsp3) is 0.364. The molecule has 0 bridgehead atoms. The third kappa shape index (κ3) is 4.59. The van der Waals surface area contributed by atoms with Crippen molar-refractivity contribution in [1.82, 2.24) is 4.90 Å². The maximum Gasteiger partial charge on any atom is 0.293 e. The summed E-state index contributed by atoms with van der Waals surface area (Å²) < 4.78 is 0. The van der Waals surface area contributed by atoms with Gasteiger partial charge in [-0.05, 0) is 49.9 Å². The Morgan fingerprint density at radius 1 is 1.13 bits per heavy atom. The average Bonchev–Trinajstić information content (AvgIpc) is 3.24. The maximum absolute atomic E-state index is 12.8. The van der Waals surface area contributed by atoms with Crippen LogP contribution in [-0.4, -0.2) is 48.3 Å². The van der Waals surface area contributed by atoms with Gasteiger partial charge >= 0.3 is 0 Å². The fourth-order valence-electron chi connectivity index (χ4n) is 3.73. The van der Waals surface area contributed by atoms with Crippen LogP contribution < -0.4 is 10.2 Å². The molecule has 0 aliphatic carbocycles. The third-order valence-corrected chi connectivity index (χ3v) is 5.34. The summed E-state index contributed by atoms with van der Waals surface area (Å²) in [6.07, 6.45) is 1.99. The molecular formula is C22H26N4O4. The first kappa shape index (κ1) is 21.3. The number of hydrogen-bond acceptors (Lipinski definition) is 5. The minimum atomic E-state index is -0.460. The van der Waals surface area contributed by atoms with Gasteiger partial charge in [-0.25, -0.2) is 0 Å². The predicted octanol–water partition coefficient (Wildman–Crippen LogP) is 3.52. The second-order valence-electron chi connectivity index (χ2n) is 7.63. The number of carbonyl (C=O) groups is 2. The predicted molar refractivity (Wildman–Crippen MR) is 116 cm³/mol. The molecule has 0 spiro atoms. The molecule has 8 nitrogen and oxygen atoms in total. The highest BCUT2D eigenvalue weighted by Crippen LogP contribution is 2.32. The fourth-order valence-corrected chi connectivity index (χ4v) is 3.73. The number of rotatable bonds is 6. The molecule has 2 aromatic rings. The largest absolute Gasteiger partial charge is 0.366 e. The number of nitro benzene ring substituents is 1. The van der Waals surface area contributed by atoms with Crippen molar-refractivity contribution < 1.29 is 14.5 Å². The first-order valence-electron chi connectivity index (χ1n) is 9.93. The zero-order valence-electron chi connectivity index (χ0n) is 17.5. The van der Waals surface area contributed by atoms with E-state index in [0.29, 0.717) is 5.69 Å². The standard InChI is InChI=1S/C22H26N4O4/c1-15-7-6-8-16(2)21(15)23-20(27)14-24(3)22(28)17-9-10-18(19(13-17)26(29)30)25-11-4-5-12-25/h6-10,13H,4-5,11-12,14H2,1-3H3,(H,23,27). The van der Waals surface area contributed by atoms with Gasteiger partial charge in [0.05, 0.1) is 11.5 Å². The molecule has 0 atom stereocenters. The summed E-state index contributed by atoms with van der Waals surface area (Å²) >= 11 is 0. The van der Waals surface area contributed by atoms with E-state index in [2.05, 4.69) is 5.32 Å². The Bertz CT molecular complexity index is 963. The highest BCUT2D eigenvalue weighted by molar-refractivity contribution is 6.00.